The number of nitrogens with zero attached hydrogens (tertiary/aromatic N) is 2. The van der Waals surface area contributed by atoms with E-state index >= 15 is 0 Å². The van der Waals surface area contributed by atoms with Gasteiger partial charge in [0.15, 0.2) is 0 Å². The molecule has 1 N–H and O–H groups in total. The van der Waals surface area contributed by atoms with Crippen LogP contribution in [0.1, 0.15) is 18.4 Å². The Morgan fingerprint density at radius 1 is 1.30 bits per heavy atom. The highest BCUT2D eigenvalue weighted by Crippen LogP contribution is 2.29. The summed E-state index contributed by atoms with van der Waals surface area (Å²) >= 11 is 0. The Hall–Kier alpha value is -1.61. The van der Waals surface area contributed by atoms with Crippen LogP contribution in [0.4, 0.5) is 5.82 Å². The van der Waals surface area contributed by atoms with Crippen molar-refractivity contribution in [3.63, 3.8) is 0 Å². The third-order valence-electron chi connectivity index (χ3n) is 4.70. The van der Waals surface area contributed by atoms with Crippen molar-refractivity contribution >= 4 is 16.7 Å². The zero-order chi connectivity index (χ0) is 13.4. The van der Waals surface area contributed by atoms with Crippen LogP contribution in [0.5, 0.6) is 0 Å². The third-order valence-corrected chi connectivity index (χ3v) is 4.70. The minimum absolute atomic E-state index is 0.861. The van der Waals surface area contributed by atoms with Gasteiger partial charge in [0.25, 0.3) is 0 Å². The van der Waals surface area contributed by atoms with E-state index in [0.717, 1.165) is 30.9 Å². The van der Waals surface area contributed by atoms with E-state index in [1.807, 2.05) is 0 Å². The molecule has 3 heterocycles. The molecule has 0 radical (unpaired) electrons. The summed E-state index contributed by atoms with van der Waals surface area (Å²) in [5, 5.41) is 4.73. The first-order chi connectivity index (χ1) is 9.90. The summed E-state index contributed by atoms with van der Waals surface area (Å²) in [5.41, 5.74) is 2.55. The Labute approximate surface area is 120 Å². The Kier molecular flexibility index (Phi) is 3.07. The molecule has 1 aromatic carbocycles. The molecule has 3 nitrogen and oxygen atoms in total. The molecule has 0 amide bonds. The van der Waals surface area contributed by atoms with E-state index < -0.39 is 0 Å². The molecule has 0 saturated carbocycles. The predicted molar refractivity (Wildman–Crippen MR) is 83.3 cm³/mol. The number of benzene rings is 1. The highest BCUT2D eigenvalue weighted by molar-refractivity contribution is 5.82. The average molecular weight is 267 g/mol. The quantitative estimate of drug-likeness (QED) is 0.926. The molecule has 1 atom stereocenters. The van der Waals surface area contributed by atoms with Crippen LogP contribution < -0.4 is 10.2 Å². The monoisotopic (exact) mass is 267 g/mol. The molecule has 1 saturated heterocycles. The summed E-state index contributed by atoms with van der Waals surface area (Å²) in [6, 6.07) is 10.8. The topological polar surface area (TPSA) is 28.2 Å². The van der Waals surface area contributed by atoms with Crippen molar-refractivity contribution in [2.75, 3.05) is 31.1 Å². The zero-order valence-corrected chi connectivity index (χ0v) is 11.8. The van der Waals surface area contributed by atoms with E-state index in [-0.39, 0.29) is 0 Å². The summed E-state index contributed by atoms with van der Waals surface area (Å²) in [5.74, 6) is 2.09. The second kappa shape index (κ2) is 5.06. The van der Waals surface area contributed by atoms with Gasteiger partial charge in [-0.05, 0) is 56.0 Å². The summed E-state index contributed by atoms with van der Waals surface area (Å²) in [6.07, 6.45) is 3.78. The molecule has 2 aromatic rings. The molecular formula is C17H21N3. The molecule has 1 fully saturated rings. The van der Waals surface area contributed by atoms with Crippen LogP contribution in [0.3, 0.4) is 0 Å². The molecule has 0 bridgehead atoms. The number of aromatic nitrogens is 1. The van der Waals surface area contributed by atoms with Crippen molar-refractivity contribution in [2.24, 2.45) is 5.92 Å². The molecule has 3 heteroatoms. The Bertz CT molecular complexity index is 617. The average Bonchev–Trinajstić information content (AvgIpc) is 3.12. The Morgan fingerprint density at radius 2 is 2.25 bits per heavy atom. The van der Waals surface area contributed by atoms with Crippen molar-refractivity contribution in [3.8, 4) is 0 Å². The van der Waals surface area contributed by atoms with Crippen molar-refractivity contribution < 1.29 is 0 Å². The van der Waals surface area contributed by atoms with E-state index in [2.05, 4.69) is 40.5 Å². The first kappa shape index (κ1) is 12.2. The highest BCUT2D eigenvalue weighted by Gasteiger charge is 2.23. The van der Waals surface area contributed by atoms with Crippen LogP contribution in [-0.4, -0.2) is 31.2 Å². The summed E-state index contributed by atoms with van der Waals surface area (Å²) in [7, 11) is 0. The molecule has 1 unspecified atom stereocenters. The van der Waals surface area contributed by atoms with Crippen molar-refractivity contribution in [3.05, 3.63) is 35.9 Å². The maximum absolute atomic E-state index is 4.89. The maximum Gasteiger partial charge on any atom is 0.132 e. The zero-order valence-electron chi connectivity index (χ0n) is 11.8. The lowest BCUT2D eigenvalue weighted by Gasteiger charge is -2.20. The number of para-hydroxylation sites is 1. The fourth-order valence-electron chi connectivity index (χ4n) is 3.49. The van der Waals surface area contributed by atoms with Gasteiger partial charge >= 0.3 is 0 Å². The standard InChI is InChI=1S/C17H21N3/c1-2-4-16-14(3-1)11-15-7-10-20(17(15)19-16)9-6-13-5-8-18-12-13/h1-4,11,13,18H,5-10,12H2. The van der Waals surface area contributed by atoms with Gasteiger partial charge < -0.3 is 10.2 Å². The lowest BCUT2D eigenvalue weighted by molar-refractivity contribution is 0.528. The van der Waals surface area contributed by atoms with Gasteiger partial charge in [-0.1, -0.05) is 18.2 Å². The summed E-state index contributed by atoms with van der Waals surface area (Å²) in [4.78, 5) is 7.38. The predicted octanol–water partition coefficient (Wildman–Crippen LogP) is 2.60. The maximum atomic E-state index is 4.89. The molecule has 1 aromatic heterocycles. The summed E-state index contributed by atoms with van der Waals surface area (Å²) in [6.45, 7) is 4.69. The van der Waals surface area contributed by atoms with E-state index in [4.69, 9.17) is 4.98 Å². The van der Waals surface area contributed by atoms with Gasteiger partial charge in [0.1, 0.15) is 5.82 Å². The largest absolute Gasteiger partial charge is 0.356 e. The molecule has 0 spiro atoms. The van der Waals surface area contributed by atoms with Crippen LogP contribution in [-0.2, 0) is 6.42 Å². The molecule has 4 rings (SSSR count). The second-order valence-corrected chi connectivity index (χ2v) is 6.05. The van der Waals surface area contributed by atoms with Crippen molar-refractivity contribution in [1.29, 1.82) is 0 Å². The van der Waals surface area contributed by atoms with Crippen LogP contribution in [0, 0.1) is 5.92 Å². The Morgan fingerprint density at radius 3 is 3.15 bits per heavy atom. The minimum Gasteiger partial charge on any atom is -0.356 e. The third kappa shape index (κ3) is 2.16. The number of hydrogen-bond donors (Lipinski definition) is 1. The number of anilines is 1. The lowest BCUT2D eigenvalue weighted by Crippen LogP contribution is -2.25. The number of rotatable bonds is 3. The van der Waals surface area contributed by atoms with E-state index in [9.17, 15) is 0 Å². The second-order valence-electron chi connectivity index (χ2n) is 6.05. The number of nitrogens with one attached hydrogen (secondary N) is 1. The minimum atomic E-state index is 0.861. The highest BCUT2D eigenvalue weighted by atomic mass is 15.2. The van der Waals surface area contributed by atoms with Crippen LogP contribution in [0.25, 0.3) is 10.9 Å². The van der Waals surface area contributed by atoms with Gasteiger partial charge in [-0.25, -0.2) is 4.98 Å². The fourth-order valence-corrected chi connectivity index (χ4v) is 3.49. The smallest absolute Gasteiger partial charge is 0.132 e. The van der Waals surface area contributed by atoms with Gasteiger partial charge in [-0.15, -0.1) is 0 Å². The number of fused-ring (bicyclic) bond motifs is 2. The number of hydrogen-bond acceptors (Lipinski definition) is 3. The van der Waals surface area contributed by atoms with Gasteiger partial charge in [-0.3, -0.25) is 0 Å². The van der Waals surface area contributed by atoms with Gasteiger partial charge in [0.05, 0.1) is 5.52 Å². The first-order valence-electron chi connectivity index (χ1n) is 7.74. The first-order valence-corrected chi connectivity index (χ1v) is 7.74. The van der Waals surface area contributed by atoms with Crippen LogP contribution in [0.15, 0.2) is 30.3 Å². The van der Waals surface area contributed by atoms with Crippen LogP contribution >= 0.6 is 0 Å². The van der Waals surface area contributed by atoms with E-state index in [1.165, 1.54) is 42.7 Å². The number of pyridine rings is 1. The molecule has 0 aliphatic carbocycles. The van der Waals surface area contributed by atoms with Crippen molar-refractivity contribution in [2.45, 2.75) is 19.3 Å². The lowest BCUT2D eigenvalue weighted by atomic mass is 10.1. The summed E-state index contributed by atoms with van der Waals surface area (Å²) < 4.78 is 0. The molecule has 2 aliphatic heterocycles. The molecular weight excluding hydrogens is 246 g/mol. The molecule has 104 valence electrons. The normalized spacial score (nSPS) is 21.6. The van der Waals surface area contributed by atoms with Gasteiger partial charge in [0, 0.05) is 18.5 Å². The van der Waals surface area contributed by atoms with E-state index in [0.29, 0.717) is 0 Å². The van der Waals surface area contributed by atoms with Crippen LogP contribution in [0.2, 0.25) is 0 Å². The molecule has 2 aliphatic rings. The fraction of sp³-hybridized carbons (Fsp3) is 0.471. The van der Waals surface area contributed by atoms with Gasteiger partial charge in [0.2, 0.25) is 0 Å². The van der Waals surface area contributed by atoms with Crippen molar-refractivity contribution in [1.82, 2.24) is 10.3 Å². The Balaban J connectivity index is 1.55. The SMILES string of the molecule is c1ccc2nc3c(cc2c1)CCN3CCC1CCNC1. The van der Waals surface area contributed by atoms with E-state index in [1.54, 1.807) is 0 Å². The molecule has 20 heavy (non-hydrogen) atoms. The van der Waals surface area contributed by atoms with Gasteiger partial charge in [-0.2, -0.15) is 0 Å².